The molecule has 32 heavy (non-hydrogen) atoms. The fourth-order valence-corrected chi connectivity index (χ4v) is 5.88. The van der Waals surface area contributed by atoms with Crippen molar-refractivity contribution in [3.63, 3.8) is 0 Å². The van der Waals surface area contributed by atoms with Gasteiger partial charge in [0.2, 0.25) is 0 Å². The molecule has 0 saturated heterocycles. The molecule has 2 rings (SSSR count). The average molecular weight is 499 g/mol. The smallest absolute Gasteiger partial charge is 0.259 e. The van der Waals surface area contributed by atoms with Crippen LogP contribution >= 0.6 is 22.9 Å². The first-order chi connectivity index (χ1) is 14.7. The molecule has 2 aromatic rings. The van der Waals surface area contributed by atoms with E-state index >= 15 is 0 Å². The van der Waals surface area contributed by atoms with Gasteiger partial charge in [-0.25, -0.2) is 14.3 Å². The summed E-state index contributed by atoms with van der Waals surface area (Å²) < 4.78 is 16.8. The van der Waals surface area contributed by atoms with Crippen molar-refractivity contribution in [3.8, 4) is 6.07 Å². The minimum absolute atomic E-state index is 0.0182. The molecule has 0 spiro atoms. The predicted octanol–water partition coefficient (Wildman–Crippen LogP) is 3.63. The van der Waals surface area contributed by atoms with E-state index in [0.717, 1.165) is 28.0 Å². The molecule has 0 aliphatic rings. The number of aromatic nitrogens is 1. The Morgan fingerprint density at radius 1 is 1.34 bits per heavy atom. The summed E-state index contributed by atoms with van der Waals surface area (Å²) in [4.78, 5) is 16.8. The monoisotopic (exact) mass is 498 g/mol. The second-order valence-corrected chi connectivity index (χ2v) is 11.9. The van der Waals surface area contributed by atoms with Crippen molar-refractivity contribution in [1.82, 2.24) is 4.98 Å². The Morgan fingerprint density at radius 2 is 1.88 bits per heavy atom. The van der Waals surface area contributed by atoms with Gasteiger partial charge in [0.05, 0.1) is 30.4 Å². The summed E-state index contributed by atoms with van der Waals surface area (Å²) >= 11 is 6.58. The Hall–Kier alpha value is -1.87. The number of carbonyl (C=O) groups excluding carboxylic acids is 1. The third-order valence-electron chi connectivity index (χ3n) is 4.72. The molecule has 174 valence electrons. The normalized spacial score (nSPS) is 15.3. The van der Waals surface area contributed by atoms with E-state index in [1.165, 1.54) is 6.92 Å². The molecule has 0 aliphatic carbocycles. The maximum atomic E-state index is 13.1. The molecule has 1 amide bonds. The molecular weight excluding hydrogens is 472 g/mol. The molecule has 11 heteroatoms. The minimum Gasteiger partial charge on any atom is -0.390 e. The van der Waals surface area contributed by atoms with Crippen LogP contribution in [0.5, 0.6) is 0 Å². The van der Waals surface area contributed by atoms with Gasteiger partial charge in [0.1, 0.15) is 9.22 Å². The van der Waals surface area contributed by atoms with Crippen LogP contribution in [0.25, 0.3) is 0 Å². The van der Waals surface area contributed by atoms with Crippen LogP contribution in [0.2, 0.25) is 0 Å². The first-order valence-electron chi connectivity index (χ1n) is 9.88. The van der Waals surface area contributed by atoms with Crippen molar-refractivity contribution in [2.75, 3.05) is 0 Å². The van der Waals surface area contributed by atoms with Gasteiger partial charge in [-0.15, -0.1) is 15.7 Å². The van der Waals surface area contributed by atoms with Gasteiger partial charge < -0.3 is 10.2 Å². The summed E-state index contributed by atoms with van der Waals surface area (Å²) in [5.74, 6) is -0.619. The summed E-state index contributed by atoms with van der Waals surface area (Å²) in [7, 11) is -3.74. The summed E-state index contributed by atoms with van der Waals surface area (Å²) in [5.41, 5.74) is 2.86. The average Bonchev–Trinajstić information content (AvgIpc) is 3.13. The van der Waals surface area contributed by atoms with Gasteiger partial charge >= 0.3 is 0 Å². The Morgan fingerprint density at radius 3 is 2.28 bits per heavy atom. The van der Waals surface area contributed by atoms with Crippen LogP contribution in [-0.2, 0) is 32.8 Å². The van der Waals surface area contributed by atoms with Crippen LogP contribution in [0.1, 0.15) is 79.4 Å². The van der Waals surface area contributed by atoms with Crippen molar-refractivity contribution >= 4 is 38.8 Å². The molecule has 0 radical (unpaired) electrons. The number of aliphatic hydroxyl groups excluding tert-OH is 1. The van der Waals surface area contributed by atoms with Crippen LogP contribution in [0.3, 0.4) is 0 Å². The lowest BCUT2D eigenvalue weighted by atomic mass is 9.85. The Balaban J connectivity index is 2.56. The Labute approximate surface area is 197 Å². The van der Waals surface area contributed by atoms with Gasteiger partial charge in [-0.05, 0) is 47.6 Å². The van der Waals surface area contributed by atoms with Crippen molar-refractivity contribution in [2.24, 2.45) is 9.50 Å². The molecule has 0 saturated carbocycles. The van der Waals surface area contributed by atoms with Crippen LogP contribution in [0.15, 0.2) is 20.7 Å². The molecule has 1 heterocycles. The molecular formula is C21H27ClN4O4S2. The molecule has 1 aromatic heterocycles. The van der Waals surface area contributed by atoms with E-state index in [9.17, 15) is 24.5 Å². The van der Waals surface area contributed by atoms with Crippen molar-refractivity contribution < 1.29 is 19.2 Å². The highest BCUT2D eigenvalue weighted by Crippen LogP contribution is 2.34. The largest absolute Gasteiger partial charge is 0.390 e. The highest BCUT2D eigenvalue weighted by atomic mass is 35.5. The third kappa shape index (κ3) is 5.92. The second kappa shape index (κ2) is 9.95. The lowest BCUT2D eigenvalue weighted by molar-refractivity contribution is -0.117. The van der Waals surface area contributed by atoms with Gasteiger partial charge in [0, 0.05) is 0 Å². The summed E-state index contributed by atoms with van der Waals surface area (Å²) in [6.45, 7) is 8.50. The van der Waals surface area contributed by atoms with E-state index < -0.39 is 27.5 Å². The van der Waals surface area contributed by atoms with Crippen LogP contribution in [0.4, 0.5) is 0 Å². The molecule has 2 unspecified atom stereocenters. The van der Waals surface area contributed by atoms with E-state index in [1.807, 2.05) is 27.7 Å². The zero-order chi connectivity index (χ0) is 24.4. The quantitative estimate of drug-likeness (QED) is 0.496. The number of hydrogen-bond acceptors (Lipinski definition) is 7. The number of nitrogens with two attached hydrogens (primary N) is 1. The first kappa shape index (κ1) is 26.4. The fourth-order valence-electron chi connectivity index (χ4n) is 3.25. The molecule has 0 aliphatic heterocycles. The first-order valence-corrected chi connectivity index (χ1v) is 12.6. The number of carbonyl (C=O) groups is 1. The molecule has 2 atom stereocenters. The highest BCUT2D eigenvalue weighted by molar-refractivity contribution is 7.93. The number of hydrogen-bond donors (Lipinski definition) is 3. The van der Waals surface area contributed by atoms with Gasteiger partial charge in [-0.2, -0.15) is 5.26 Å². The SMILES string of the molecule is CC(C)c1cc(C#N)cc(C(C)C)c1CC(=O)N=S(N)(=O)c1sc(C(C)(O)Cl)nc1CO. The van der Waals surface area contributed by atoms with Gasteiger partial charge in [-0.1, -0.05) is 39.3 Å². The Kier molecular flexibility index (Phi) is 8.20. The van der Waals surface area contributed by atoms with Crippen LogP contribution in [-0.4, -0.2) is 25.3 Å². The lowest BCUT2D eigenvalue weighted by Crippen LogP contribution is -2.17. The lowest BCUT2D eigenvalue weighted by Gasteiger charge is -2.19. The van der Waals surface area contributed by atoms with Gasteiger partial charge in [0.15, 0.2) is 15.0 Å². The number of aliphatic hydroxyl groups is 2. The number of amides is 1. The maximum Gasteiger partial charge on any atom is 0.259 e. The Bertz CT molecular complexity index is 1150. The summed E-state index contributed by atoms with van der Waals surface area (Å²) in [6.07, 6.45) is -0.145. The number of rotatable bonds is 7. The number of nitriles is 1. The molecule has 8 nitrogen and oxygen atoms in total. The van der Waals surface area contributed by atoms with Crippen molar-refractivity contribution in [2.45, 2.75) is 68.8 Å². The zero-order valence-electron chi connectivity index (χ0n) is 18.5. The number of halogens is 1. The number of benzene rings is 1. The van der Waals surface area contributed by atoms with E-state index in [0.29, 0.717) is 5.56 Å². The highest BCUT2D eigenvalue weighted by Gasteiger charge is 2.29. The molecule has 0 bridgehead atoms. The van der Waals surface area contributed by atoms with E-state index in [2.05, 4.69) is 15.4 Å². The standard InChI is InChI=1S/C21H27ClN4O4S2/c1-11(2)14-6-13(9-23)7-15(12(3)4)16(14)8-18(28)26-32(24,30)19-17(10-27)25-20(31-19)21(5,22)29/h6-7,11-12,27,29H,8,10H2,1-5H3,(H2,24,26,28,30). The van der Waals surface area contributed by atoms with E-state index in [-0.39, 0.29) is 33.2 Å². The van der Waals surface area contributed by atoms with E-state index in [4.69, 9.17) is 16.7 Å². The summed E-state index contributed by atoms with van der Waals surface area (Å²) in [6, 6.07) is 5.65. The van der Waals surface area contributed by atoms with Crippen LogP contribution < -0.4 is 5.14 Å². The predicted molar refractivity (Wildman–Crippen MR) is 125 cm³/mol. The minimum atomic E-state index is -3.74. The molecule has 0 fully saturated rings. The fraction of sp³-hybridized carbons (Fsp3) is 0.476. The third-order valence-corrected chi connectivity index (χ3v) is 8.33. The number of alkyl halides is 1. The zero-order valence-corrected chi connectivity index (χ0v) is 20.9. The van der Waals surface area contributed by atoms with Crippen LogP contribution in [0, 0.1) is 11.3 Å². The topological polar surface area (TPSA) is 150 Å². The van der Waals surface area contributed by atoms with Gasteiger partial charge in [-0.3, -0.25) is 4.79 Å². The second-order valence-electron chi connectivity index (χ2n) is 8.15. The van der Waals surface area contributed by atoms with Gasteiger partial charge in [0.25, 0.3) is 5.91 Å². The molecule has 1 aromatic carbocycles. The summed E-state index contributed by atoms with van der Waals surface area (Å²) in [5, 5.41) is 32.9. The molecule has 4 N–H and O–H groups in total. The maximum absolute atomic E-state index is 13.1. The van der Waals surface area contributed by atoms with Crippen molar-refractivity contribution in [3.05, 3.63) is 45.1 Å². The van der Waals surface area contributed by atoms with Crippen molar-refractivity contribution in [1.29, 1.82) is 5.26 Å². The number of thiazole rings is 1. The van der Waals surface area contributed by atoms with E-state index in [1.54, 1.807) is 12.1 Å². The number of nitrogens with zero attached hydrogens (tertiary/aromatic N) is 3.